The normalized spacial score (nSPS) is 10.7. The van der Waals surface area contributed by atoms with Crippen molar-refractivity contribution in [3.63, 3.8) is 0 Å². The van der Waals surface area contributed by atoms with Crippen LogP contribution in [0, 0.1) is 24.0 Å². The van der Waals surface area contributed by atoms with Crippen LogP contribution in [0.1, 0.15) is 16.7 Å². The van der Waals surface area contributed by atoms with Crippen LogP contribution in [0.2, 0.25) is 5.02 Å². The van der Waals surface area contributed by atoms with Gasteiger partial charge in [-0.3, -0.25) is 14.9 Å². The topological polar surface area (TPSA) is 114 Å². The van der Waals surface area contributed by atoms with Crippen LogP contribution in [-0.2, 0) is 4.79 Å². The van der Waals surface area contributed by atoms with E-state index in [9.17, 15) is 20.0 Å². The van der Waals surface area contributed by atoms with Gasteiger partial charge in [0.15, 0.2) is 6.61 Å². The summed E-state index contributed by atoms with van der Waals surface area (Å²) >= 11 is 5.76. The quantitative estimate of drug-likeness (QED) is 0.456. The number of rotatable bonds is 6. The molecule has 2 aromatic rings. The monoisotopic (exact) mass is 377 g/mol. The van der Waals surface area contributed by atoms with Gasteiger partial charge in [-0.15, -0.1) is 0 Å². The van der Waals surface area contributed by atoms with Crippen molar-refractivity contribution in [3.8, 4) is 11.5 Å². The first-order valence-corrected chi connectivity index (χ1v) is 7.84. The molecule has 0 saturated carbocycles. The van der Waals surface area contributed by atoms with Gasteiger partial charge in [-0.2, -0.15) is 5.10 Å². The fraction of sp³-hybridized carbons (Fsp3) is 0.176. The van der Waals surface area contributed by atoms with Gasteiger partial charge in [0.05, 0.1) is 11.1 Å². The SMILES string of the molecule is Cc1ccc(OCC(=O)N/N=C\c2cc(Cl)cc([N+](=O)[O-])c2O)cc1C. The summed E-state index contributed by atoms with van der Waals surface area (Å²) in [6.45, 7) is 3.64. The van der Waals surface area contributed by atoms with Gasteiger partial charge in [0.2, 0.25) is 5.75 Å². The molecule has 0 aliphatic carbocycles. The Morgan fingerprint density at radius 2 is 2.08 bits per heavy atom. The number of hydrogen-bond donors (Lipinski definition) is 2. The Balaban J connectivity index is 1.96. The average Bonchev–Trinajstić information content (AvgIpc) is 2.58. The number of carbonyl (C=O) groups is 1. The maximum Gasteiger partial charge on any atom is 0.312 e. The molecule has 2 aromatic carbocycles. The molecule has 0 saturated heterocycles. The first-order valence-electron chi connectivity index (χ1n) is 7.47. The number of aryl methyl sites for hydroxylation is 2. The Labute approximate surface area is 154 Å². The number of phenolic OH excluding ortho intramolecular Hbond substituents is 1. The second-order valence-corrected chi connectivity index (χ2v) is 5.88. The first kappa shape index (κ1) is 19.2. The van der Waals surface area contributed by atoms with E-state index in [1.54, 1.807) is 6.07 Å². The van der Waals surface area contributed by atoms with Crippen molar-refractivity contribution in [3.05, 3.63) is 62.2 Å². The largest absolute Gasteiger partial charge is 0.502 e. The number of benzene rings is 2. The number of phenols is 1. The Kier molecular flexibility index (Phi) is 6.13. The van der Waals surface area contributed by atoms with E-state index in [-0.39, 0.29) is 17.2 Å². The zero-order valence-corrected chi connectivity index (χ0v) is 14.8. The van der Waals surface area contributed by atoms with Gasteiger partial charge in [-0.1, -0.05) is 17.7 Å². The summed E-state index contributed by atoms with van der Waals surface area (Å²) in [7, 11) is 0. The van der Waals surface area contributed by atoms with Crippen molar-refractivity contribution in [1.29, 1.82) is 0 Å². The molecule has 0 aliphatic heterocycles. The number of halogens is 1. The number of nitro benzene ring substituents is 1. The predicted octanol–water partition coefficient (Wildman–Crippen LogP) is 3.10. The van der Waals surface area contributed by atoms with Crippen molar-refractivity contribution in [2.24, 2.45) is 5.10 Å². The second kappa shape index (κ2) is 8.30. The molecular formula is C17H16ClN3O5. The van der Waals surface area contributed by atoms with Gasteiger partial charge in [0.1, 0.15) is 5.75 Å². The van der Waals surface area contributed by atoms with Crippen molar-refractivity contribution >= 4 is 29.4 Å². The molecule has 0 unspecified atom stereocenters. The Morgan fingerprint density at radius 3 is 2.73 bits per heavy atom. The number of nitrogens with one attached hydrogen (secondary N) is 1. The number of aromatic hydroxyl groups is 1. The highest BCUT2D eigenvalue weighted by Gasteiger charge is 2.17. The molecule has 0 fully saturated rings. The Bertz CT molecular complexity index is 883. The minimum absolute atomic E-state index is 0.000391. The highest BCUT2D eigenvalue weighted by atomic mass is 35.5. The summed E-state index contributed by atoms with van der Waals surface area (Å²) in [6.07, 6.45) is 1.06. The third-order valence-corrected chi connectivity index (χ3v) is 3.74. The van der Waals surface area contributed by atoms with Crippen molar-refractivity contribution in [1.82, 2.24) is 5.43 Å². The van der Waals surface area contributed by atoms with E-state index in [0.717, 1.165) is 23.4 Å². The van der Waals surface area contributed by atoms with Gasteiger partial charge in [0, 0.05) is 16.7 Å². The lowest BCUT2D eigenvalue weighted by atomic mass is 10.1. The number of carbonyl (C=O) groups excluding carboxylic acids is 1. The minimum Gasteiger partial charge on any atom is -0.502 e. The standard InChI is InChI=1S/C17H16ClN3O5/c1-10-3-4-14(5-11(10)2)26-9-16(22)20-19-8-12-6-13(18)7-15(17(12)23)21(24)25/h3-8,23H,9H2,1-2H3,(H,20,22)/b19-8-. The maximum absolute atomic E-state index is 11.7. The van der Waals surface area contributed by atoms with E-state index in [2.05, 4.69) is 10.5 Å². The number of ether oxygens (including phenoxy) is 1. The van der Waals surface area contributed by atoms with E-state index >= 15 is 0 Å². The van der Waals surface area contributed by atoms with Crippen LogP contribution < -0.4 is 10.2 Å². The summed E-state index contributed by atoms with van der Waals surface area (Å²) < 4.78 is 5.35. The van der Waals surface area contributed by atoms with Crippen molar-refractivity contribution in [2.45, 2.75) is 13.8 Å². The molecule has 26 heavy (non-hydrogen) atoms. The van der Waals surface area contributed by atoms with Crippen LogP contribution in [-0.4, -0.2) is 28.8 Å². The van der Waals surface area contributed by atoms with Crippen LogP contribution in [0.4, 0.5) is 5.69 Å². The third kappa shape index (κ3) is 4.93. The molecule has 0 atom stereocenters. The van der Waals surface area contributed by atoms with Crippen molar-refractivity contribution < 1.29 is 19.6 Å². The molecule has 9 heteroatoms. The van der Waals surface area contributed by atoms with E-state index in [4.69, 9.17) is 16.3 Å². The van der Waals surface area contributed by atoms with E-state index in [1.807, 2.05) is 26.0 Å². The highest BCUT2D eigenvalue weighted by Crippen LogP contribution is 2.32. The highest BCUT2D eigenvalue weighted by molar-refractivity contribution is 6.31. The Hall–Kier alpha value is -3.13. The van der Waals surface area contributed by atoms with E-state index in [1.165, 1.54) is 6.07 Å². The summed E-state index contributed by atoms with van der Waals surface area (Å²) in [6, 6.07) is 7.75. The molecule has 0 bridgehead atoms. The molecule has 0 heterocycles. The average molecular weight is 378 g/mol. The number of amides is 1. The lowest BCUT2D eigenvalue weighted by Crippen LogP contribution is -2.24. The molecule has 2 rings (SSSR count). The number of hydrogen-bond acceptors (Lipinski definition) is 6. The lowest BCUT2D eigenvalue weighted by molar-refractivity contribution is -0.385. The molecule has 0 aliphatic rings. The Morgan fingerprint density at radius 1 is 1.35 bits per heavy atom. The lowest BCUT2D eigenvalue weighted by Gasteiger charge is -2.07. The molecule has 0 aromatic heterocycles. The van der Waals surface area contributed by atoms with Crippen LogP contribution in [0.5, 0.6) is 11.5 Å². The number of nitro groups is 1. The van der Waals surface area contributed by atoms with Crippen LogP contribution in [0.15, 0.2) is 35.4 Å². The van der Waals surface area contributed by atoms with Gasteiger partial charge in [-0.25, -0.2) is 5.43 Å². The third-order valence-electron chi connectivity index (χ3n) is 3.52. The smallest absolute Gasteiger partial charge is 0.312 e. The van der Waals surface area contributed by atoms with Gasteiger partial charge in [0.25, 0.3) is 5.91 Å². The van der Waals surface area contributed by atoms with Crippen molar-refractivity contribution in [2.75, 3.05) is 6.61 Å². The van der Waals surface area contributed by atoms with Gasteiger partial charge < -0.3 is 9.84 Å². The van der Waals surface area contributed by atoms with Crippen LogP contribution >= 0.6 is 11.6 Å². The zero-order valence-electron chi connectivity index (χ0n) is 14.0. The molecule has 136 valence electrons. The molecule has 8 nitrogen and oxygen atoms in total. The second-order valence-electron chi connectivity index (χ2n) is 5.45. The molecule has 0 radical (unpaired) electrons. The minimum atomic E-state index is -0.769. The summed E-state index contributed by atoms with van der Waals surface area (Å²) in [5, 5.41) is 24.3. The fourth-order valence-electron chi connectivity index (χ4n) is 2.00. The van der Waals surface area contributed by atoms with Gasteiger partial charge in [-0.05, 0) is 43.2 Å². The van der Waals surface area contributed by atoms with Gasteiger partial charge >= 0.3 is 5.69 Å². The molecular weight excluding hydrogens is 362 g/mol. The van der Waals surface area contributed by atoms with Crippen LogP contribution in [0.25, 0.3) is 0 Å². The summed E-state index contributed by atoms with van der Waals surface area (Å²) in [5.41, 5.74) is 3.80. The van der Waals surface area contributed by atoms with E-state index in [0.29, 0.717) is 5.75 Å². The zero-order chi connectivity index (χ0) is 19.3. The van der Waals surface area contributed by atoms with Crippen LogP contribution in [0.3, 0.4) is 0 Å². The molecule has 1 amide bonds. The summed E-state index contributed by atoms with van der Waals surface area (Å²) in [5.74, 6) is -0.574. The van der Waals surface area contributed by atoms with E-state index < -0.39 is 22.3 Å². The number of nitrogens with zero attached hydrogens (tertiary/aromatic N) is 2. The first-order chi connectivity index (χ1) is 12.3. The predicted molar refractivity (Wildman–Crippen MR) is 96.9 cm³/mol. The molecule has 2 N–H and O–H groups in total. The molecule has 0 spiro atoms. The summed E-state index contributed by atoms with van der Waals surface area (Å²) in [4.78, 5) is 21.8. The fourth-order valence-corrected chi connectivity index (χ4v) is 2.22. The maximum atomic E-state index is 11.7. The number of hydrazone groups is 1.